The molecule has 3 aromatic rings. The van der Waals surface area contributed by atoms with E-state index in [0.29, 0.717) is 27.2 Å². The van der Waals surface area contributed by atoms with Gasteiger partial charge in [0.1, 0.15) is 6.54 Å². The summed E-state index contributed by atoms with van der Waals surface area (Å²) < 4.78 is 39.1. The van der Waals surface area contributed by atoms with E-state index < -0.39 is 22.5 Å². The minimum absolute atomic E-state index is 0.0915. The number of carbonyl (C=O) groups is 1. The van der Waals surface area contributed by atoms with E-state index in [-0.39, 0.29) is 11.7 Å². The number of rotatable bonds is 7. The van der Waals surface area contributed by atoms with Crippen LogP contribution < -0.4 is 19.2 Å². The fourth-order valence-electron chi connectivity index (χ4n) is 3.23. The molecule has 1 amide bonds. The summed E-state index contributed by atoms with van der Waals surface area (Å²) in [5.41, 5.74) is 4.20. The Bertz CT molecular complexity index is 1310. The molecule has 170 valence electrons. The number of hydrogen-bond donors (Lipinski definition) is 1. The van der Waals surface area contributed by atoms with E-state index in [1.165, 1.54) is 18.3 Å². The lowest BCUT2D eigenvalue weighted by Crippen LogP contribution is -2.40. The van der Waals surface area contributed by atoms with E-state index in [1.807, 2.05) is 0 Å². The van der Waals surface area contributed by atoms with Crippen molar-refractivity contribution in [2.45, 2.75) is 11.8 Å². The summed E-state index contributed by atoms with van der Waals surface area (Å²) in [4.78, 5) is 12.8. The normalized spacial score (nSPS) is 12.7. The third-order valence-corrected chi connectivity index (χ3v) is 7.35. The molecule has 0 atom stereocenters. The number of nitrogens with one attached hydrogen (secondary N) is 1. The Kier molecular flexibility index (Phi) is 6.66. The smallest absolute Gasteiger partial charge is 0.264 e. The van der Waals surface area contributed by atoms with Crippen molar-refractivity contribution in [1.29, 1.82) is 0 Å². The number of anilines is 1. The van der Waals surface area contributed by atoms with Crippen molar-refractivity contribution < 1.29 is 22.7 Å². The molecule has 8 nitrogen and oxygen atoms in total. The monoisotopic (exact) mass is 529 g/mol. The van der Waals surface area contributed by atoms with E-state index in [0.717, 1.165) is 9.87 Å². The number of fused-ring (bicyclic) bond motifs is 1. The van der Waals surface area contributed by atoms with Crippen LogP contribution in [-0.2, 0) is 14.8 Å². The first kappa shape index (κ1) is 22.8. The lowest BCUT2D eigenvalue weighted by atomic mass is 10.2. The number of hydrogen-bond acceptors (Lipinski definition) is 6. The van der Waals surface area contributed by atoms with Crippen molar-refractivity contribution in [3.63, 3.8) is 0 Å². The van der Waals surface area contributed by atoms with Crippen LogP contribution in [-0.4, -0.2) is 33.9 Å². The zero-order valence-corrected chi connectivity index (χ0v) is 20.0. The van der Waals surface area contributed by atoms with E-state index in [4.69, 9.17) is 9.47 Å². The number of hydrazone groups is 1. The molecule has 0 aliphatic carbocycles. The second-order valence-electron chi connectivity index (χ2n) is 7.13. The van der Waals surface area contributed by atoms with Crippen molar-refractivity contribution in [1.82, 2.24) is 5.43 Å². The Morgan fingerprint density at radius 1 is 1.09 bits per heavy atom. The van der Waals surface area contributed by atoms with Crippen molar-refractivity contribution in [2.75, 3.05) is 17.6 Å². The summed E-state index contributed by atoms with van der Waals surface area (Å²) >= 11 is 3.42. The lowest BCUT2D eigenvalue weighted by molar-refractivity contribution is -0.119. The number of aryl methyl sites for hydroxylation is 1. The van der Waals surface area contributed by atoms with Crippen molar-refractivity contribution in [3.05, 3.63) is 82.3 Å². The summed E-state index contributed by atoms with van der Waals surface area (Å²) in [7, 11) is -3.98. The number of benzene rings is 3. The molecule has 1 N–H and O–H groups in total. The summed E-state index contributed by atoms with van der Waals surface area (Å²) in [5, 5.41) is 3.98. The summed E-state index contributed by atoms with van der Waals surface area (Å²) in [6.07, 6.45) is 1.44. The zero-order chi connectivity index (χ0) is 23.4. The minimum atomic E-state index is -3.98. The summed E-state index contributed by atoms with van der Waals surface area (Å²) in [6, 6.07) is 18.4. The first-order valence-corrected chi connectivity index (χ1v) is 12.1. The highest BCUT2D eigenvalue weighted by Gasteiger charge is 2.28. The van der Waals surface area contributed by atoms with Crippen LogP contribution in [0.1, 0.15) is 11.1 Å². The van der Waals surface area contributed by atoms with E-state index in [9.17, 15) is 13.2 Å². The fraction of sp³-hybridized carbons (Fsp3) is 0.130. The van der Waals surface area contributed by atoms with Crippen LogP contribution >= 0.6 is 15.9 Å². The van der Waals surface area contributed by atoms with Gasteiger partial charge in [0.25, 0.3) is 15.9 Å². The molecule has 33 heavy (non-hydrogen) atoms. The number of carbonyl (C=O) groups excluding carboxylic acids is 1. The Morgan fingerprint density at radius 3 is 2.48 bits per heavy atom. The number of ether oxygens (including phenoxy) is 2. The third kappa shape index (κ3) is 5.01. The average Bonchev–Trinajstić information content (AvgIpc) is 3.26. The molecule has 0 bridgehead atoms. The largest absolute Gasteiger partial charge is 0.454 e. The Hall–Kier alpha value is -3.37. The van der Waals surface area contributed by atoms with Gasteiger partial charge < -0.3 is 9.47 Å². The molecule has 3 aromatic carbocycles. The molecule has 1 aliphatic rings. The van der Waals surface area contributed by atoms with E-state index in [2.05, 4.69) is 26.5 Å². The lowest BCUT2D eigenvalue weighted by Gasteiger charge is -2.25. The highest BCUT2D eigenvalue weighted by molar-refractivity contribution is 9.10. The van der Waals surface area contributed by atoms with Gasteiger partial charge in [-0.2, -0.15) is 5.10 Å². The topological polar surface area (TPSA) is 97.3 Å². The average molecular weight is 530 g/mol. The van der Waals surface area contributed by atoms with Gasteiger partial charge in [-0.25, -0.2) is 13.8 Å². The first-order valence-electron chi connectivity index (χ1n) is 9.91. The number of para-hydroxylation sites is 1. The minimum Gasteiger partial charge on any atom is -0.454 e. The maximum atomic E-state index is 13.3. The van der Waals surface area contributed by atoms with Gasteiger partial charge in [0.2, 0.25) is 6.79 Å². The molecule has 0 saturated heterocycles. The van der Waals surface area contributed by atoms with Gasteiger partial charge in [0, 0.05) is 10.0 Å². The molecule has 0 fully saturated rings. The Balaban J connectivity index is 1.55. The fourth-order valence-corrected chi connectivity index (χ4v) is 5.17. The van der Waals surface area contributed by atoms with Gasteiger partial charge in [0.05, 0.1) is 16.8 Å². The molecular formula is C23H20BrN3O5S. The first-order chi connectivity index (χ1) is 15.9. The van der Waals surface area contributed by atoms with Crippen molar-refractivity contribution in [2.24, 2.45) is 5.10 Å². The molecule has 1 aliphatic heterocycles. The van der Waals surface area contributed by atoms with Crippen LogP contribution in [0.25, 0.3) is 0 Å². The number of amides is 1. The van der Waals surface area contributed by atoms with Gasteiger partial charge in [0.15, 0.2) is 11.5 Å². The molecular weight excluding hydrogens is 510 g/mol. The van der Waals surface area contributed by atoms with Crippen molar-refractivity contribution in [3.8, 4) is 11.5 Å². The number of nitrogens with zero attached hydrogens (tertiary/aromatic N) is 2. The number of sulfonamides is 1. The SMILES string of the molecule is Cc1ccccc1N(CC(=O)N/N=C\c1cc2c(cc1Br)OCO2)S(=O)(=O)c1ccccc1. The Morgan fingerprint density at radius 2 is 1.76 bits per heavy atom. The van der Waals surface area contributed by atoms with E-state index >= 15 is 0 Å². The quantitative estimate of drug-likeness (QED) is 0.370. The molecule has 0 aromatic heterocycles. The summed E-state index contributed by atoms with van der Waals surface area (Å²) in [5.74, 6) is 0.597. The second-order valence-corrected chi connectivity index (χ2v) is 9.85. The van der Waals surface area contributed by atoms with Crippen LogP contribution in [0.5, 0.6) is 11.5 Å². The summed E-state index contributed by atoms with van der Waals surface area (Å²) in [6.45, 7) is 1.49. The van der Waals surface area contributed by atoms with Crippen LogP contribution in [0.15, 0.2) is 81.2 Å². The molecule has 10 heteroatoms. The van der Waals surface area contributed by atoms with Gasteiger partial charge in [-0.05, 0) is 58.7 Å². The predicted octanol–water partition coefficient (Wildman–Crippen LogP) is 3.83. The highest BCUT2D eigenvalue weighted by Crippen LogP contribution is 2.36. The number of halogens is 1. The molecule has 0 spiro atoms. The molecule has 0 radical (unpaired) electrons. The zero-order valence-electron chi connectivity index (χ0n) is 17.6. The van der Waals surface area contributed by atoms with Crippen LogP contribution in [0, 0.1) is 6.92 Å². The van der Waals surface area contributed by atoms with Gasteiger partial charge >= 0.3 is 0 Å². The standard InChI is InChI=1S/C23H20BrN3O5S/c1-16-7-5-6-10-20(16)27(33(29,30)18-8-3-2-4-9-18)14-23(28)26-25-13-17-11-21-22(12-19(17)24)32-15-31-21/h2-13H,14-15H2,1H3,(H,26,28)/b25-13-. The maximum Gasteiger partial charge on any atom is 0.264 e. The molecule has 1 heterocycles. The second kappa shape index (κ2) is 9.63. The molecule has 4 rings (SSSR count). The molecule has 0 saturated carbocycles. The Labute approximate surface area is 200 Å². The van der Waals surface area contributed by atoms with Gasteiger partial charge in [-0.1, -0.05) is 36.4 Å². The van der Waals surface area contributed by atoms with Crippen LogP contribution in [0.3, 0.4) is 0 Å². The van der Waals surface area contributed by atoms with E-state index in [1.54, 1.807) is 61.5 Å². The van der Waals surface area contributed by atoms with Gasteiger partial charge in [-0.15, -0.1) is 0 Å². The third-order valence-electron chi connectivity index (χ3n) is 4.89. The molecule has 0 unspecified atom stereocenters. The predicted molar refractivity (Wildman–Crippen MR) is 128 cm³/mol. The highest BCUT2D eigenvalue weighted by atomic mass is 79.9. The van der Waals surface area contributed by atoms with Crippen LogP contribution in [0.4, 0.5) is 5.69 Å². The van der Waals surface area contributed by atoms with Crippen molar-refractivity contribution >= 4 is 43.8 Å². The van der Waals surface area contributed by atoms with Gasteiger partial charge in [-0.3, -0.25) is 9.10 Å². The maximum absolute atomic E-state index is 13.3. The van der Waals surface area contributed by atoms with Crippen LogP contribution in [0.2, 0.25) is 0 Å².